The lowest BCUT2D eigenvalue weighted by Crippen LogP contribution is -2.37. The molecule has 0 saturated heterocycles. The van der Waals surface area contributed by atoms with Crippen molar-refractivity contribution in [3.8, 4) is 0 Å². The maximum absolute atomic E-state index is 12.8. The van der Waals surface area contributed by atoms with Gasteiger partial charge < -0.3 is 9.47 Å². The quantitative estimate of drug-likeness (QED) is 0.632. The molecule has 0 bridgehead atoms. The molecule has 7 heteroatoms. The number of thiophene rings is 1. The summed E-state index contributed by atoms with van der Waals surface area (Å²) in [6.45, 7) is 2.10. The summed E-state index contributed by atoms with van der Waals surface area (Å²) >= 11 is 3.17. The van der Waals surface area contributed by atoms with Crippen LogP contribution < -0.4 is 4.90 Å². The van der Waals surface area contributed by atoms with Crippen molar-refractivity contribution in [2.75, 3.05) is 10.7 Å². The van der Waals surface area contributed by atoms with Crippen LogP contribution in [0.2, 0.25) is 0 Å². The van der Waals surface area contributed by atoms with Crippen molar-refractivity contribution in [1.29, 1.82) is 0 Å². The predicted molar refractivity (Wildman–Crippen MR) is 106 cm³/mol. The molecule has 0 fully saturated rings. The molecule has 5 nitrogen and oxygen atoms in total. The van der Waals surface area contributed by atoms with Crippen molar-refractivity contribution in [2.45, 2.75) is 31.0 Å². The summed E-state index contributed by atoms with van der Waals surface area (Å²) in [7, 11) is 1.96. The number of para-hydroxylation sites is 1. The van der Waals surface area contributed by atoms with Gasteiger partial charge in [-0.1, -0.05) is 36.0 Å². The molecule has 1 aromatic carbocycles. The highest BCUT2D eigenvalue weighted by Gasteiger charge is 2.30. The van der Waals surface area contributed by atoms with Crippen LogP contribution in [0.3, 0.4) is 0 Å². The minimum absolute atomic E-state index is 0.121. The Kier molecular flexibility index (Phi) is 4.82. The first-order valence-corrected chi connectivity index (χ1v) is 10.4. The van der Waals surface area contributed by atoms with Gasteiger partial charge in [0.1, 0.15) is 5.82 Å². The molecule has 0 saturated carbocycles. The Morgan fingerprint density at radius 3 is 2.92 bits per heavy atom. The van der Waals surface area contributed by atoms with Crippen molar-refractivity contribution in [1.82, 2.24) is 14.8 Å². The van der Waals surface area contributed by atoms with Crippen molar-refractivity contribution >= 4 is 34.7 Å². The first-order valence-electron chi connectivity index (χ1n) is 8.57. The zero-order valence-electron chi connectivity index (χ0n) is 14.8. The number of thioether (sulfide) groups is 1. The van der Waals surface area contributed by atoms with Gasteiger partial charge in [0.2, 0.25) is 5.91 Å². The van der Waals surface area contributed by atoms with Gasteiger partial charge in [-0.3, -0.25) is 4.79 Å². The van der Waals surface area contributed by atoms with Gasteiger partial charge >= 0.3 is 0 Å². The zero-order chi connectivity index (χ0) is 18.1. The van der Waals surface area contributed by atoms with E-state index in [2.05, 4.69) is 34.6 Å². The minimum atomic E-state index is 0.121. The Hall–Kier alpha value is -2.12. The molecule has 0 spiro atoms. The lowest BCUT2D eigenvalue weighted by molar-refractivity contribution is -0.116. The van der Waals surface area contributed by atoms with Gasteiger partial charge in [0.25, 0.3) is 0 Å². The number of nitrogens with zero attached hydrogens (tertiary/aromatic N) is 4. The van der Waals surface area contributed by atoms with E-state index in [1.807, 2.05) is 40.8 Å². The second-order valence-corrected chi connectivity index (χ2v) is 8.42. The second-order valence-electron chi connectivity index (χ2n) is 6.45. The average Bonchev–Trinajstić information content (AvgIpc) is 3.33. The third-order valence-electron chi connectivity index (χ3n) is 4.64. The molecule has 1 aliphatic heterocycles. The fourth-order valence-corrected chi connectivity index (χ4v) is 4.83. The van der Waals surface area contributed by atoms with Gasteiger partial charge in [0.05, 0.1) is 5.75 Å². The average molecular weight is 385 g/mol. The molecule has 4 rings (SSSR count). The number of anilines is 1. The first kappa shape index (κ1) is 17.3. The van der Waals surface area contributed by atoms with Crippen molar-refractivity contribution < 1.29 is 4.79 Å². The lowest BCUT2D eigenvalue weighted by Gasteiger charge is -2.22. The summed E-state index contributed by atoms with van der Waals surface area (Å²) in [4.78, 5) is 16.0. The molecule has 0 N–H and O–H groups in total. The number of rotatable bonds is 5. The van der Waals surface area contributed by atoms with E-state index in [0.717, 1.165) is 29.5 Å². The van der Waals surface area contributed by atoms with Crippen molar-refractivity contribution in [3.63, 3.8) is 0 Å². The predicted octanol–water partition coefficient (Wildman–Crippen LogP) is 3.54. The van der Waals surface area contributed by atoms with Crippen LogP contribution in [0.5, 0.6) is 0 Å². The molecule has 3 aromatic rings. The summed E-state index contributed by atoms with van der Waals surface area (Å²) in [6, 6.07) is 12.5. The number of carbonyl (C=O) groups excluding carboxylic acids is 1. The lowest BCUT2D eigenvalue weighted by atomic mass is 10.1. The van der Waals surface area contributed by atoms with Crippen LogP contribution in [-0.2, 0) is 24.7 Å². The molecule has 0 aliphatic carbocycles. The van der Waals surface area contributed by atoms with Gasteiger partial charge in [-0.25, -0.2) is 0 Å². The minimum Gasteiger partial charge on any atom is -0.309 e. The summed E-state index contributed by atoms with van der Waals surface area (Å²) in [5.41, 5.74) is 2.29. The Morgan fingerprint density at radius 1 is 1.27 bits per heavy atom. The SMILES string of the molecule is C[C@H]1Cc2ccccc2N1C(=O)CSc1nnc(Cc2cccs2)n1C. The monoisotopic (exact) mass is 384 g/mol. The number of hydrogen-bond acceptors (Lipinski definition) is 5. The number of hydrogen-bond donors (Lipinski definition) is 0. The van der Waals surface area contributed by atoms with Gasteiger partial charge in [-0.2, -0.15) is 0 Å². The summed E-state index contributed by atoms with van der Waals surface area (Å²) in [5.74, 6) is 1.40. The first-order chi connectivity index (χ1) is 12.6. The van der Waals surface area contributed by atoms with Crippen LogP contribution in [0.15, 0.2) is 46.9 Å². The van der Waals surface area contributed by atoms with E-state index >= 15 is 0 Å². The zero-order valence-corrected chi connectivity index (χ0v) is 16.4. The number of amides is 1. The van der Waals surface area contributed by atoms with E-state index < -0.39 is 0 Å². The van der Waals surface area contributed by atoms with E-state index in [1.54, 1.807) is 11.3 Å². The molecule has 0 radical (unpaired) electrons. The molecule has 1 amide bonds. The Bertz CT molecular complexity index is 920. The maximum atomic E-state index is 12.8. The molecule has 1 aliphatic rings. The Labute approximate surface area is 161 Å². The smallest absolute Gasteiger partial charge is 0.237 e. The highest BCUT2D eigenvalue weighted by Crippen LogP contribution is 2.32. The Balaban J connectivity index is 1.43. The van der Waals surface area contributed by atoms with Gasteiger partial charge in [-0.15, -0.1) is 21.5 Å². The van der Waals surface area contributed by atoms with E-state index in [9.17, 15) is 4.79 Å². The standard InChI is InChI=1S/C19H20N4OS2/c1-13-10-14-6-3-4-8-16(14)23(13)18(24)12-26-19-21-20-17(22(19)2)11-15-7-5-9-25-15/h3-9,13H,10-12H2,1-2H3/t13-/m0/s1. The number of fused-ring (bicyclic) bond motifs is 1. The third kappa shape index (κ3) is 3.29. The molecule has 134 valence electrons. The molecular weight excluding hydrogens is 364 g/mol. The molecule has 0 unspecified atom stereocenters. The fraction of sp³-hybridized carbons (Fsp3) is 0.316. The molecule has 1 atom stereocenters. The second kappa shape index (κ2) is 7.25. The molecule has 3 heterocycles. The van der Waals surface area contributed by atoms with Crippen LogP contribution in [-0.4, -0.2) is 32.5 Å². The van der Waals surface area contributed by atoms with Crippen LogP contribution in [0.25, 0.3) is 0 Å². The summed E-state index contributed by atoms with van der Waals surface area (Å²) in [5, 5.41) is 11.4. The van der Waals surface area contributed by atoms with Crippen LogP contribution >= 0.6 is 23.1 Å². The normalized spacial score (nSPS) is 16.1. The van der Waals surface area contributed by atoms with Gasteiger partial charge in [0, 0.05) is 30.1 Å². The topological polar surface area (TPSA) is 51.0 Å². The number of carbonyl (C=O) groups is 1. The van der Waals surface area contributed by atoms with Gasteiger partial charge in [0.15, 0.2) is 5.16 Å². The summed E-state index contributed by atoms with van der Waals surface area (Å²) in [6.07, 6.45) is 1.69. The molecular formula is C19H20N4OS2. The highest BCUT2D eigenvalue weighted by molar-refractivity contribution is 7.99. The third-order valence-corrected chi connectivity index (χ3v) is 6.52. The largest absolute Gasteiger partial charge is 0.309 e. The molecule has 2 aromatic heterocycles. The van der Waals surface area contributed by atoms with E-state index in [4.69, 9.17) is 0 Å². The maximum Gasteiger partial charge on any atom is 0.237 e. The fourth-order valence-electron chi connectivity index (χ4n) is 3.34. The number of aromatic nitrogens is 3. The highest BCUT2D eigenvalue weighted by atomic mass is 32.2. The van der Waals surface area contributed by atoms with E-state index in [0.29, 0.717) is 5.75 Å². The van der Waals surface area contributed by atoms with E-state index in [1.165, 1.54) is 22.2 Å². The van der Waals surface area contributed by atoms with Crippen LogP contribution in [0.4, 0.5) is 5.69 Å². The molecule has 26 heavy (non-hydrogen) atoms. The van der Waals surface area contributed by atoms with Crippen LogP contribution in [0, 0.1) is 0 Å². The van der Waals surface area contributed by atoms with Crippen molar-refractivity contribution in [2.24, 2.45) is 7.05 Å². The Morgan fingerprint density at radius 2 is 2.12 bits per heavy atom. The number of benzene rings is 1. The van der Waals surface area contributed by atoms with Crippen LogP contribution in [0.1, 0.15) is 23.2 Å². The van der Waals surface area contributed by atoms with Gasteiger partial charge in [-0.05, 0) is 36.4 Å². The van der Waals surface area contributed by atoms with E-state index in [-0.39, 0.29) is 11.9 Å². The summed E-state index contributed by atoms with van der Waals surface area (Å²) < 4.78 is 1.99. The van der Waals surface area contributed by atoms with Crippen molar-refractivity contribution in [3.05, 3.63) is 58.0 Å².